The summed E-state index contributed by atoms with van der Waals surface area (Å²) < 4.78 is 13.2. The van der Waals surface area contributed by atoms with Crippen molar-refractivity contribution in [1.29, 1.82) is 0 Å². The Morgan fingerprint density at radius 2 is 1.88 bits per heavy atom. The van der Waals surface area contributed by atoms with Crippen LogP contribution in [0.5, 0.6) is 0 Å². The van der Waals surface area contributed by atoms with Crippen LogP contribution in [-0.4, -0.2) is 40.8 Å². The monoisotopic (exact) mass is 355 g/mol. The first-order valence-corrected chi connectivity index (χ1v) is 8.86. The molecule has 0 spiro atoms. The van der Waals surface area contributed by atoms with E-state index in [1.165, 1.54) is 12.3 Å². The van der Waals surface area contributed by atoms with E-state index in [1.807, 2.05) is 30.3 Å². The molecule has 1 aromatic heterocycles. The third-order valence-corrected chi connectivity index (χ3v) is 4.60. The summed E-state index contributed by atoms with van der Waals surface area (Å²) in [7, 11) is 0. The fraction of sp³-hybridized carbons (Fsp3) is 0.350. The summed E-state index contributed by atoms with van der Waals surface area (Å²) in [6.45, 7) is 1.10. The second-order valence-corrected chi connectivity index (χ2v) is 6.49. The van der Waals surface area contributed by atoms with Crippen LogP contribution in [-0.2, 0) is 11.2 Å². The van der Waals surface area contributed by atoms with E-state index in [0.29, 0.717) is 37.9 Å². The van der Waals surface area contributed by atoms with Crippen LogP contribution in [0, 0.1) is 5.95 Å². The van der Waals surface area contributed by atoms with Gasteiger partial charge < -0.3 is 10.2 Å². The number of piperidine rings is 1. The molecule has 6 heteroatoms. The highest BCUT2D eigenvalue weighted by Gasteiger charge is 2.24. The van der Waals surface area contributed by atoms with Gasteiger partial charge in [0.25, 0.3) is 5.91 Å². The minimum atomic E-state index is -0.656. The predicted octanol–water partition coefficient (Wildman–Crippen LogP) is 2.57. The zero-order valence-corrected chi connectivity index (χ0v) is 14.5. The third-order valence-electron chi connectivity index (χ3n) is 4.60. The van der Waals surface area contributed by atoms with Crippen LogP contribution in [0.3, 0.4) is 0 Å². The van der Waals surface area contributed by atoms with Gasteiger partial charge in [0.05, 0.1) is 0 Å². The maximum atomic E-state index is 13.2. The molecule has 2 heterocycles. The molecular weight excluding hydrogens is 333 g/mol. The molecule has 1 aromatic carbocycles. The molecule has 0 saturated carbocycles. The van der Waals surface area contributed by atoms with Crippen molar-refractivity contribution < 1.29 is 14.0 Å². The lowest BCUT2D eigenvalue weighted by atomic mass is 10.0. The molecule has 0 bridgehead atoms. The number of hydrogen-bond donors (Lipinski definition) is 1. The van der Waals surface area contributed by atoms with Crippen molar-refractivity contribution in [3.63, 3.8) is 0 Å². The number of benzene rings is 1. The van der Waals surface area contributed by atoms with E-state index in [9.17, 15) is 14.0 Å². The lowest BCUT2D eigenvalue weighted by Gasteiger charge is -2.32. The molecule has 136 valence electrons. The first-order valence-electron chi connectivity index (χ1n) is 8.86. The topological polar surface area (TPSA) is 62.3 Å². The number of hydrogen-bond acceptors (Lipinski definition) is 3. The van der Waals surface area contributed by atoms with Gasteiger partial charge in [-0.05, 0) is 30.9 Å². The second kappa shape index (κ2) is 8.56. The predicted molar refractivity (Wildman–Crippen MR) is 96.0 cm³/mol. The zero-order valence-electron chi connectivity index (χ0n) is 14.5. The van der Waals surface area contributed by atoms with E-state index in [0.717, 1.165) is 18.1 Å². The van der Waals surface area contributed by atoms with Gasteiger partial charge in [0.15, 0.2) is 0 Å². The number of aryl methyl sites for hydroxylation is 1. The minimum absolute atomic E-state index is 0.0369. The normalized spacial score (nSPS) is 14.9. The van der Waals surface area contributed by atoms with Crippen LogP contribution in [0.4, 0.5) is 4.39 Å². The molecule has 1 N–H and O–H groups in total. The molecule has 1 aliphatic heterocycles. The summed E-state index contributed by atoms with van der Waals surface area (Å²) in [5.74, 6) is -0.814. The van der Waals surface area contributed by atoms with Crippen molar-refractivity contribution in [1.82, 2.24) is 15.2 Å². The molecule has 1 fully saturated rings. The number of carbonyl (C=O) groups is 2. The number of halogens is 1. The lowest BCUT2D eigenvalue weighted by Crippen LogP contribution is -2.46. The Hall–Kier alpha value is -2.76. The highest BCUT2D eigenvalue weighted by Crippen LogP contribution is 2.14. The molecular formula is C20H22FN3O2. The van der Waals surface area contributed by atoms with Gasteiger partial charge in [0.2, 0.25) is 11.9 Å². The van der Waals surface area contributed by atoms with Gasteiger partial charge in [-0.25, -0.2) is 4.98 Å². The Morgan fingerprint density at radius 1 is 1.15 bits per heavy atom. The Bertz CT molecular complexity index is 759. The standard InChI is InChI=1S/C20H22FN3O2/c21-18-14-16(8-11-22-18)20(26)24-12-9-17(10-13-24)23-19(25)7-6-15-4-2-1-3-5-15/h1-5,8,11,14,17H,6-7,9-10,12-13H2,(H,23,25). The van der Waals surface area contributed by atoms with Gasteiger partial charge >= 0.3 is 0 Å². The van der Waals surface area contributed by atoms with Gasteiger partial charge in [0, 0.05) is 43.4 Å². The van der Waals surface area contributed by atoms with Gasteiger partial charge in [-0.1, -0.05) is 30.3 Å². The smallest absolute Gasteiger partial charge is 0.254 e. The fourth-order valence-electron chi connectivity index (χ4n) is 3.15. The van der Waals surface area contributed by atoms with Crippen molar-refractivity contribution in [3.8, 4) is 0 Å². The minimum Gasteiger partial charge on any atom is -0.353 e. The zero-order chi connectivity index (χ0) is 18.4. The van der Waals surface area contributed by atoms with Crippen LogP contribution in [0.25, 0.3) is 0 Å². The maximum absolute atomic E-state index is 13.2. The Morgan fingerprint density at radius 3 is 2.58 bits per heavy atom. The largest absolute Gasteiger partial charge is 0.353 e. The third kappa shape index (κ3) is 4.88. The number of nitrogens with one attached hydrogen (secondary N) is 1. The van der Waals surface area contributed by atoms with E-state index in [-0.39, 0.29) is 17.9 Å². The van der Waals surface area contributed by atoms with Gasteiger partial charge in [0.1, 0.15) is 0 Å². The molecule has 26 heavy (non-hydrogen) atoms. The number of carbonyl (C=O) groups excluding carboxylic acids is 2. The van der Waals surface area contributed by atoms with Crippen molar-refractivity contribution >= 4 is 11.8 Å². The number of rotatable bonds is 5. The lowest BCUT2D eigenvalue weighted by molar-refractivity contribution is -0.122. The average molecular weight is 355 g/mol. The molecule has 0 radical (unpaired) electrons. The van der Waals surface area contributed by atoms with Crippen molar-refractivity contribution in [2.45, 2.75) is 31.7 Å². The van der Waals surface area contributed by atoms with Crippen LogP contribution in [0.2, 0.25) is 0 Å². The van der Waals surface area contributed by atoms with Crippen LogP contribution in [0.15, 0.2) is 48.7 Å². The Labute approximate surface area is 152 Å². The molecule has 2 aromatic rings. The number of likely N-dealkylation sites (tertiary alicyclic amines) is 1. The van der Waals surface area contributed by atoms with Gasteiger partial charge in [-0.15, -0.1) is 0 Å². The number of pyridine rings is 1. The Kier molecular flexibility index (Phi) is 5.94. The first kappa shape index (κ1) is 18.0. The molecule has 2 amide bonds. The average Bonchev–Trinajstić information content (AvgIpc) is 2.67. The van der Waals surface area contributed by atoms with Crippen molar-refractivity contribution in [3.05, 3.63) is 65.7 Å². The van der Waals surface area contributed by atoms with Gasteiger partial charge in [-0.3, -0.25) is 9.59 Å². The van der Waals surface area contributed by atoms with E-state index < -0.39 is 5.95 Å². The summed E-state index contributed by atoms with van der Waals surface area (Å²) in [5, 5.41) is 3.05. The van der Waals surface area contributed by atoms with E-state index in [4.69, 9.17) is 0 Å². The quantitative estimate of drug-likeness (QED) is 0.839. The summed E-state index contributed by atoms with van der Waals surface area (Å²) in [6.07, 6.45) is 3.88. The molecule has 3 rings (SSSR count). The molecule has 0 aliphatic carbocycles. The van der Waals surface area contributed by atoms with E-state index in [1.54, 1.807) is 4.90 Å². The molecule has 1 saturated heterocycles. The van der Waals surface area contributed by atoms with Crippen molar-refractivity contribution in [2.24, 2.45) is 0 Å². The highest BCUT2D eigenvalue weighted by atomic mass is 19.1. The summed E-state index contributed by atoms with van der Waals surface area (Å²) in [4.78, 5) is 29.7. The van der Waals surface area contributed by atoms with E-state index in [2.05, 4.69) is 10.3 Å². The number of nitrogens with zero attached hydrogens (tertiary/aromatic N) is 2. The maximum Gasteiger partial charge on any atom is 0.254 e. The summed E-state index contributed by atoms with van der Waals surface area (Å²) in [6, 6.07) is 12.7. The van der Waals surface area contributed by atoms with Gasteiger partial charge in [-0.2, -0.15) is 4.39 Å². The summed E-state index contributed by atoms with van der Waals surface area (Å²) in [5.41, 5.74) is 1.45. The molecule has 0 atom stereocenters. The second-order valence-electron chi connectivity index (χ2n) is 6.49. The molecule has 1 aliphatic rings. The highest BCUT2D eigenvalue weighted by molar-refractivity contribution is 5.94. The van der Waals surface area contributed by atoms with Crippen LogP contribution < -0.4 is 5.32 Å². The van der Waals surface area contributed by atoms with E-state index >= 15 is 0 Å². The number of aromatic nitrogens is 1. The Balaban J connectivity index is 1.43. The fourth-order valence-corrected chi connectivity index (χ4v) is 3.15. The number of amides is 2. The molecule has 5 nitrogen and oxygen atoms in total. The van der Waals surface area contributed by atoms with Crippen LogP contribution >= 0.6 is 0 Å². The SMILES string of the molecule is O=C(CCc1ccccc1)NC1CCN(C(=O)c2ccnc(F)c2)CC1. The van der Waals surface area contributed by atoms with Crippen LogP contribution in [0.1, 0.15) is 35.2 Å². The van der Waals surface area contributed by atoms with Crippen molar-refractivity contribution in [2.75, 3.05) is 13.1 Å². The summed E-state index contributed by atoms with van der Waals surface area (Å²) >= 11 is 0. The molecule has 0 unspecified atom stereocenters. The first-order chi connectivity index (χ1) is 12.6.